The molecule has 1 fully saturated rings. The van der Waals surface area contributed by atoms with Crippen LogP contribution in [0.25, 0.3) is 0 Å². The van der Waals surface area contributed by atoms with Crippen molar-refractivity contribution >= 4 is 11.3 Å². The van der Waals surface area contributed by atoms with E-state index in [1.165, 1.54) is 21.7 Å². The Kier molecular flexibility index (Phi) is 5.25. The zero-order valence-corrected chi connectivity index (χ0v) is 15.5. The molecule has 1 aromatic heterocycles. The maximum atomic E-state index is 5.96. The average Bonchev–Trinajstić information content (AvgIpc) is 3.28. The molecule has 134 valence electrons. The van der Waals surface area contributed by atoms with E-state index >= 15 is 0 Å². The minimum atomic E-state index is 0.324. The molecule has 4 rings (SSSR count). The summed E-state index contributed by atoms with van der Waals surface area (Å²) in [7, 11) is 1.70. The lowest BCUT2D eigenvalue weighted by atomic mass is 10.1. The van der Waals surface area contributed by atoms with E-state index in [4.69, 9.17) is 14.2 Å². The molecule has 0 radical (unpaired) electrons. The maximum absolute atomic E-state index is 5.96. The van der Waals surface area contributed by atoms with Crippen LogP contribution in [0.15, 0.2) is 30.3 Å². The molecule has 3 heterocycles. The zero-order valence-electron chi connectivity index (χ0n) is 14.7. The molecule has 4 nitrogen and oxygen atoms in total. The van der Waals surface area contributed by atoms with Gasteiger partial charge in [0.2, 0.25) is 0 Å². The van der Waals surface area contributed by atoms with Gasteiger partial charge in [-0.25, -0.2) is 0 Å². The third-order valence-electron chi connectivity index (χ3n) is 4.85. The van der Waals surface area contributed by atoms with Crippen molar-refractivity contribution in [3.05, 3.63) is 45.6 Å². The van der Waals surface area contributed by atoms with E-state index in [1.807, 2.05) is 23.5 Å². The summed E-state index contributed by atoms with van der Waals surface area (Å²) in [4.78, 5) is 5.30. The van der Waals surface area contributed by atoms with Gasteiger partial charge < -0.3 is 14.2 Å². The third kappa shape index (κ3) is 3.84. The summed E-state index contributed by atoms with van der Waals surface area (Å²) in [6.07, 6.45) is 3.70. The fourth-order valence-corrected chi connectivity index (χ4v) is 4.74. The first-order chi connectivity index (χ1) is 12.3. The van der Waals surface area contributed by atoms with Gasteiger partial charge in [0.1, 0.15) is 0 Å². The molecule has 2 aliphatic rings. The van der Waals surface area contributed by atoms with E-state index < -0.39 is 0 Å². The minimum Gasteiger partial charge on any atom is -0.493 e. The number of hydrogen-bond donors (Lipinski definition) is 0. The van der Waals surface area contributed by atoms with E-state index in [1.54, 1.807) is 7.11 Å². The van der Waals surface area contributed by atoms with Crippen LogP contribution in [0.5, 0.6) is 11.5 Å². The van der Waals surface area contributed by atoms with Gasteiger partial charge in [-0.15, -0.1) is 11.3 Å². The molecule has 0 saturated carbocycles. The van der Waals surface area contributed by atoms with Gasteiger partial charge in [-0.1, -0.05) is 12.1 Å². The van der Waals surface area contributed by atoms with E-state index in [0.29, 0.717) is 6.10 Å². The summed E-state index contributed by atoms with van der Waals surface area (Å²) in [6, 6.07) is 10.7. The molecule has 0 N–H and O–H groups in total. The molecule has 1 atom stereocenters. The summed E-state index contributed by atoms with van der Waals surface area (Å²) >= 11 is 1.90. The molecule has 2 aromatic rings. The van der Waals surface area contributed by atoms with Crippen LogP contribution in [0.2, 0.25) is 0 Å². The zero-order chi connectivity index (χ0) is 17.1. The highest BCUT2D eigenvalue weighted by atomic mass is 32.1. The Balaban J connectivity index is 1.48. The molecule has 1 unspecified atom stereocenters. The number of benzene rings is 1. The van der Waals surface area contributed by atoms with Crippen LogP contribution in [0.4, 0.5) is 0 Å². The molecule has 0 spiro atoms. The van der Waals surface area contributed by atoms with Gasteiger partial charge in [0.25, 0.3) is 0 Å². The number of nitrogens with zero attached hydrogens (tertiary/aromatic N) is 1. The van der Waals surface area contributed by atoms with Crippen LogP contribution >= 0.6 is 11.3 Å². The summed E-state index contributed by atoms with van der Waals surface area (Å²) in [5.41, 5.74) is 1.20. The van der Waals surface area contributed by atoms with Crippen LogP contribution in [-0.4, -0.2) is 31.8 Å². The Morgan fingerprint density at radius 3 is 3.00 bits per heavy atom. The Morgan fingerprint density at radius 2 is 2.16 bits per heavy atom. The SMILES string of the molecule is COc1cccc2c1OCCCN(Cc1ccc(C3CCCO3)s1)C2. The Labute approximate surface area is 153 Å². The molecule has 5 heteroatoms. The molecular formula is C20H25NO3S. The van der Waals surface area contributed by atoms with Crippen LogP contribution in [0, 0.1) is 0 Å². The molecule has 1 aromatic carbocycles. The summed E-state index contributed by atoms with van der Waals surface area (Å²) < 4.78 is 17.2. The largest absolute Gasteiger partial charge is 0.493 e. The summed E-state index contributed by atoms with van der Waals surface area (Å²) in [5, 5.41) is 0. The second kappa shape index (κ2) is 7.77. The maximum Gasteiger partial charge on any atom is 0.165 e. The monoisotopic (exact) mass is 359 g/mol. The lowest BCUT2D eigenvalue weighted by Crippen LogP contribution is -2.27. The van der Waals surface area contributed by atoms with Crippen molar-refractivity contribution in [2.24, 2.45) is 0 Å². The first-order valence-corrected chi connectivity index (χ1v) is 9.86. The van der Waals surface area contributed by atoms with Crippen molar-refractivity contribution in [3.8, 4) is 11.5 Å². The van der Waals surface area contributed by atoms with Gasteiger partial charge in [-0.05, 0) is 37.5 Å². The molecular weight excluding hydrogens is 334 g/mol. The number of ether oxygens (including phenoxy) is 3. The van der Waals surface area contributed by atoms with Crippen LogP contribution in [0.3, 0.4) is 0 Å². The minimum absolute atomic E-state index is 0.324. The number of fused-ring (bicyclic) bond motifs is 1. The van der Waals surface area contributed by atoms with Crippen molar-refractivity contribution in [2.75, 3.05) is 26.9 Å². The second-order valence-electron chi connectivity index (χ2n) is 6.67. The van der Waals surface area contributed by atoms with Gasteiger partial charge in [0.15, 0.2) is 11.5 Å². The van der Waals surface area contributed by atoms with Gasteiger partial charge in [-0.3, -0.25) is 4.90 Å². The number of rotatable bonds is 4. The molecule has 2 aliphatic heterocycles. The van der Waals surface area contributed by atoms with Crippen molar-refractivity contribution in [3.63, 3.8) is 0 Å². The first-order valence-electron chi connectivity index (χ1n) is 9.05. The Bertz CT molecular complexity index is 709. The van der Waals surface area contributed by atoms with Crippen molar-refractivity contribution in [1.82, 2.24) is 4.90 Å². The first kappa shape index (κ1) is 16.9. The fourth-order valence-electron chi connectivity index (χ4n) is 3.60. The Morgan fingerprint density at radius 1 is 1.20 bits per heavy atom. The normalized spacial score (nSPS) is 21.2. The van der Waals surface area contributed by atoms with Crippen molar-refractivity contribution < 1.29 is 14.2 Å². The lowest BCUT2D eigenvalue weighted by Gasteiger charge is -2.26. The smallest absolute Gasteiger partial charge is 0.165 e. The van der Waals surface area contributed by atoms with E-state index in [0.717, 1.165) is 57.2 Å². The van der Waals surface area contributed by atoms with E-state index in [-0.39, 0.29) is 0 Å². The number of para-hydroxylation sites is 1. The molecule has 0 bridgehead atoms. The standard InChI is InChI=1S/C20H25NO3S/c1-22-18-6-2-5-15-13-21(10-4-12-24-20(15)18)14-16-8-9-19(25-16)17-7-3-11-23-17/h2,5-6,8-9,17H,3-4,7,10-14H2,1H3. The quantitative estimate of drug-likeness (QED) is 0.810. The van der Waals surface area contributed by atoms with Gasteiger partial charge in [0.05, 0.1) is 19.8 Å². The van der Waals surface area contributed by atoms with Gasteiger partial charge >= 0.3 is 0 Å². The topological polar surface area (TPSA) is 30.9 Å². The van der Waals surface area contributed by atoms with Crippen molar-refractivity contribution in [2.45, 2.75) is 38.5 Å². The summed E-state index contributed by atoms with van der Waals surface area (Å²) in [5.74, 6) is 1.73. The highest BCUT2D eigenvalue weighted by Crippen LogP contribution is 2.35. The predicted molar refractivity (Wildman–Crippen MR) is 99.5 cm³/mol. The van der Waals surface area contributed by atoms with Gasteiger partial charge in [-0.2, -0.15) is 0 Å². The number of thiophene rings is 1. The van der Waals surface area contributed by atoms with Gasteiger partial charge in [0, 0.05) is 41.6 Å². The van der Waals surface area contributed by atoms with E-state index in [9.17, 15) is 0 Å². The predicted octanol–water partition coefficient (Wildman–Crippen LogP) is 4.39. The molecule has 0 amide bonds. The highest BCUT2D eigenvalue weighted by Gasteiger charge is 2.21. The Hall–Kier alpha value is -1.56. The number of hydrogen-bond acceptors (Lipinski definition) is 5. The summed E-state index contributed by atoms with van der Waals surface area (Å²) in [6.45, 7) is 4.55. The molecule has 25 heavy (non-hydrogen) atoms. The molecule has 0 aliphatic carbocycles. The lowest BCUT2D eigenvalue weighted by molar-refractivity contribution is 0.114. The van der Waals surface area contributed by atoms with Crippen LogP contribution in [-0.2, 0) is 17.8 Å². The fraction of sp³-hybridized carbons (Fsp3) is 0.500. The molecule has 1 saturated heterocycles. The third-order valence-corrected chi connectivity index (χ3v) is 6.01. The van der Waals surface area contributed by atoms with Crippen molar-refractivity contribution in [1.29, 1.82) is 0 Å². The highest BCUT2D eigenvalue weighted by molar-refractivity contribution is 7.12. The average molecular weight is 359 g/mol. The van der Waals surface area contributed by atoms with E-state index in [2.05, 4.69) is 23.1 Å². The number of methoxy groups -OCH3 is 1. The second-order valence-corrected chi connectivity index (χ2v) is 7.87. The van der Waals surface area contributed by atoms with Crippen LogP contribution < -0.4 is 9.47 Å². The van der Waals surface area contributed by atoms with Crippen LogP contribution in [0.1, 0.15) is 40.7 Å².